The number of allylic oxidation sites excluding steroid dienone is 3. The van der Waals surface area contributed by atoms with Crippen molar-refractivity contribution in [3.05, 3.63) is 96.6 Å². The Hall–Kier alpha value is -2.24. The third-order valence-electron chi connectivity index (χ3n) is 7.12. The van der Waals surface area contributed by atoms with Crippen molar-refractivity contribution < 1.29 is 13.9 Å². The quantitative estimate of drug-likeness (QED) is 0.160. The van der Waals surface area contributed by atoms with E-state index in [1.54, 1.807) is 0 Å². The van der Waals surface area contributed by atoms with Gasteiger partial charge in [0.2, 0.25) is 0 Å². The van der Waals surface area contributed by atoms with E-state index in [-0.39, 0.29) is 23.5 Å². The molecule has 1 aliphatic rings. The van der Waals surface area contributed by atoms with Crippen molar-refractivity contribution in [3.8, 4) is 0 Å². The van der Waals surface area contributed by atoms with E-state index < -0.39 is 8.32 Å². The molecular weight excluding hydrogens is 484 g/mol. The van der Waals surface area contributed by atoms with Gasteiger partial charge in [-0.15, -0.1) is 0 Å². The zero-order valence-electron chi connectivity index (χ0n) is 24.5. The Kier molecular flexibility index (Phi) is 11.3. The second-order valence-electron chi connectivity index (χ2n) is 11.6. The molecular formula is C34H48O3Si. The molecule has 2 aromatic carbocycles. The third-order valence-corrected chi connectivity index (χ3v) is 12.2. The van der Waals surface area contributed by atoms with Gasteiger partial charge in [0.25, 0.3) is 8.32 Å². The molecule has 0 N–H and O–H groups in total. The van der Waals surface area contributed by atoms with E-state index in [1.807, 2.05) is 19.9 Å². The van der Waals surface area contributed by atoms with Crippen LogP contribution in [-0.4, -0.2) is 33.4 Å². The van der Waals surface area contributed by atoms with Gasteiger partial charge in [0.05, 0.1) is 12.2 Å². The SMILES string of the molecule is CCC(=C/[C@H](C)CCO[Si](c1ccccc1)(c1ccccc1)C(C)(C)C)/C=C/[C@H]1CC=CC(OC(C)C)O1. The first-order chi connectivity index (χ1) is 18.2. The van der Waals surface area contributed by atoms with Gasteiger partial charge in [-0.05, 0) is 60.5 Å². The molecule has 1 unspecified atom stereocenters. The summed E-state index contributed by atoms with van der Waals surface area (Å²) < 4.78 is 19.0. The highest BCUT2D eigenvalue weighted by Gasteiger charge is 2.49. The van der Waals surface area contributed by atoms with Gasteiger partial charge in [-0.3, -0.25) is 0 Å². The Bertz CT molecular complexity index is 1010. The summed E-state index contributed by atoms with van der Waals surface area (Å²) in [5.41, 5.74) is 1.34. The van der Waals surface area contributed by atoms with Crippen molar-refractivity contribution in [3.63, 3.8) is 0 Å². The van der Waals surface area contributed by atoms with Gasteiger partial charge < -0.3 is 13.9 Å². The minimum absolute atomic E-state index is 0.00230. The van der Waals surface area contributed by atoms with E-state index >= 15 is 0 Å². The maximum absolute atomic E-state index is 7.10. The van der Waals surface area contributed by atoms with Crippen LogP contribution in [0.15, 0.2) is 96.6 Å². The molecule has 206 valence electrons. The highest BCUT2D eigenvalue weighted by molar-refractivity contribution is 6.99. The van der Waals surface area contributed by atoms with Gasteiger partial charge in [-0.2, -0.15) is 0 Å². The topological polar surface area (TPSA) is 27.7 Å². The summed E-state index contributed by atoms with van der Waals surface area (Å²) >= 11 is 0. The summed E-state index contributed by atoms with van der Waals surface area (Å²) in [4.78, 5) is 0. The zero-order chi connectivity index (χ0) is 27.6. The van der Waals surface area contributed by atoms with Gasteiger partial charge in [-0.1, -0.05) is 125 Å². The molecule has 0 saturated heterocycles. The number of rotatable bonds is 12. The van der Waals surface area contributed by atoms with Crippen LogP contribution in [0.4, 0.5) is 0 Å². The first kappa shape index (κ1) is 30.3. The lowest BCUT2D eigenvalue weighted by atomic mass is 10.0. The van der Waals surface area contributed by atoms with Crippen molar-refractivity contribution in [2.45, 2.75) is 91.3 Å². The summed E-state index contributed by atoms with van der Waals surface area (Å²) in [6.45, 7) is 16.3. The fourth-order valence-electron chi connectivity index (χ4n) is 5.20. The largest absolute Gasteiger partial charge is 0.407 e. The zero-order valence-corrected chi connectivity index (χ0v) is 25.5. The predicted octanol–water partition coefficient (Wildman–Crippen LogP) is 7.58. The summed E-state index contributed by atoms with van der Waals surface area (Å²) in [6, 6.07) is 21.8. The Morgan fingerprint density at radius 2 is 1.61 bits per heavy atom. The smallest absolute Gasteiger partial charge is 0.261 e. The second-order valence-corrected chi connectivity index (χ2v) is 15.9. The van der Waals surface area contributed by atoms with Crippen LogP contribution < -0.4 is 10.4 Å². The molecule has 0 aliphatic carbocycles. The van der Waals surface area contributed by atoms with Gasteiger partial charge in [-0.25, -0.2) is 0 Å². The number of hydrogen-bond donors (Lipinski definition) is 0. The Balaban J connectivity index is 1.70. The van der Waals surface area contributed by atoms with E-state index in [0.29, 0.717) is 5.92 Å². The lowest BCUT2D eigenvalue weighted by Gasteiger charge is -2.43. The van der Waals surface area contributed by atoms with Crippen molar-refractivity contribution in [2.75, 3.05) is 6.61 Å². The van der Waals surface area contributed by atoms with E-state index in [4.69, 9.17) is 13.9 Å². The number of ether oxygens (including phenoxy) is 2. The van der Waals surface area contributed by atoms with E-state index in [0.717, 1.165) is 25.9 Å². The van der Waals surface area contributed by atoms with Crippen LogP contribution in [0, 0.1) is 5.92 Å². The molecule has 0 saturated carbocycles. The minimum Gasteiger partial charge on any atom is -0.407 e. The van der Waals surface area contributed by atoms with Gasteiger partial charge >= 0.3 is 0 Å². The van der Waals surface area contributed by atoms with Crippen molar-refractivity contribution >= 4 is 18.7 Å². The molecule has 4 heteroatoms. The third kappa shape index (κ3) is 8.13. The van der Waals surface area contributed by atoms with Crippen LogP contribution in [0.3, 0.4) is 0 Å². The van der Waals surface area contributed by atoms with E-state index in [2.05, 4.69) is 120 Å². The lowest BCUT2D eigenvalue weighted by Crippen LogP contribution is -2.66. The van der Waals surface area contributed by atoms with Crippen LogP contribution in [-0.2, 0) is 13.9 Å². The molecule has 0 radical (unpaired) electrons. The monoisotopic (exact) mass is 532 g/mol. The number of hydrogen-bond acceptors (Lipinski definition) is 3. The van der Waals surface area contributed by atoms with Crippen molar-refractivity contribution in [1.29, 1.82) is 0 Å². The molecule has 0 amide bonds. The molecule has 1 aliphatic heterocycles. The molecule has 0 fully saturated rings. The average molecular weight is 533 g/mol. The molecule has 0 bridgehead atoms. The molecule has 2 aromatic rings. The molecule has 0 aromatic heterocycles. The van der Waals surface area contributed by atoms with Crippen molar-refractivity contribution in [2.24, 2.45) is 5.92 Å². The standard InChI is InChI=1S/C34H48O3Si/c1-8-29(22-23-30-16-15-21-33(37-30)36-27(2)3)26-28(4)24-25-35-38(34(5,6)7,31-17-11-9-12-18-31)32-19-13-10-14-20-32/h9-15,17-23,26-28,30,33H,8,16,24-25H2,1-7H3/b23-22+,29-26-/t28-,30-,33?/m1/s1. The maximum Gasteiger partial charge on any atom is 0.261 e. The molecule has 38 heavy (non-hydrogen) atoms. The maximum atomic E-state index is 7.10. The summed E-state index contributed by atoms with van der Waals surface area (Å²) in [6.07, 6.45) is 13.8. The highest BCUT2D eigenvalue weighted by Crippen LogP contribution is 2.37. The average Bonchev–Trinajstić information content (AvgIpc) is 2.89. The molecule has 3 rings (SSSR count). The highest BCUT2D eigenvalue weighted by atomic mass is 28.4. The Morgan fingerprint density at radius 1 is 1.00 bits per heavy atom. The summed E-state index contributed by atoms with van der Waals surface area (Å²) in [7, 11) is -2.49. The number of benzene rings is 2. The molecule has 0 spiro atoms. The second kappa shape index (κ2) is 14.2. The first-order valence-corrected chi connectivity index (χ1v) is 16.2. The minimum atomic E-state index is -2.49. The van der Waals surface area contributed by atoms with Gasteiger partial charge in [0, 0.05) is 6.61 Å². The summed E-state index contributed by atoms with van der Waals surface area (Å²) in [5, 5.41) is 2.67. The van der Waals surface area contributed by atoms with Gasteiger partial charge in [0.1, 0.15) is 0 Å². The van der Waals surface area contributed by atoms with Crippen LogP contribution in [0.5, 0.6) is 0 Å². The predicted molar refractivity (Wildman–Crippen MR) is 164 cm³/mol. The van der Waals surface area contributed by atoms with E-state index in [9.17, 15) is 0 Å². The van der Waals surface area contributed by atoms with Crippen LogP contribution in [0.25, 0.3) is 0 Å². The molecule has 3 nitrogen and oxygen atoms in total. The van der Waals surface area contributed by atoms with E-state index in [1.165, 1.54) is 15.9 Å². The Morgan fingerprint density at radius 3 is 2.13 bits per heavy atom. The Labute approximate surface area is 232 Å². The first-order valence-electron chi connectivity index (χ1n) is 14.3. The molecule has 3 atom stereocenters. The molecule has 1 heterocycles. The fourth-order valence-corrected chi connectivity index (χ4v) is 9.78. The van der Waals surface area contributed by atoms with Crippen LogP contribution >= 0.6 is 0 Å². The fraction of sp³-hybridized carbons (Fsp3) is 0.471. The lowest BCUT2D eigenvalue weighted by molar-refractivity contribution is -0.154. The van der Waals surface area contributed by atoms with Gasteiger partial charge in [0.15, 0.2) is 6.29 Å². The van der Waals surface area contributed by atoms with Crippen LogP contribution in [0.1, 0.15) is 67.7 Å². The van der Waals surface area contributed by atoms with Crippen molar-refractivity contribution in [1.82, 2.24) is 0 Å². The summed E-state index contributed by atoms with van der Waals surface area (Å²) in [5.74, 6) is 0.414. The normalized spacial score (nSPS) is 19.8. The van der Waals surface area contributed by atoms with Crippen LogP contribution in [0.2, 0.25) is 5.04 Å².